The Hall–Kier alpha value is -1.49. The molecule has 0 atom stereocenters. The summed E-state index contributed by atoms with van der Waals surface area (Å²) in [5.74, 6) is 0.863. The van der Waals surface area contributed by atoms with Crippen LogP contribution >= 0.6 is 11.8 Å². The summed E-state index contributed by atoms with van der Waals surface area (Å²) in [7, 11) is 1.85. The van der Waals surface area contributed by atoms with Crippen LogP contribution in [0.1, 0.15) is 0 Å². The number of H-pyrrole nitrogens is 1. The van der Waals surface area contributed by atoms with E-state index in [2.05, 4.69) is 20.3 Å². The smallest absolute Gasteiger partial charge is 0.171 e. The predicted octanol–water partition coefficient (Wildman–Crippen LogP) is 2.00. The summed E-state index contributed by atoms with van der Waals surface area (Å²) in [4.78, 5) is 11.5. The Morgan fingerprint density at radius 3 is 3.07 bits per heavy atom. The van der Waals surface area contributed by atoms with Gasteiger partial charge in [0.25, 0.3) is 0 Å². The molecule has 0 aliphatic heterocycles. The second kappa shape index (κ2) is 4.15. The Kier molecular flexibility index (Phi) is 2.69. The SMILES string of the molecule is CNc1cccc(Sc2ncc[nH]2)n1. The maximum absolute atomic E-state index is 4.36. The van der Waals surface area contributed by atoms with Gasteiger partial charge in [0.05, 0.1) is 0 Å². The van der Waals surface area contributed by atoms with Gasteiger partial charge in [-0.15, -0.1) is 0 Å². The number of aromatic nitrogens is 3. The van der Waals surface area contributed by atoms with Crippen LogP contribution in [0.4, 0.5) is 5.82 Å². The van der Waals surface area contributed by atoms with Crippen LogP contribution < -0.4 is 5.32 Å². The quantitative estimate of drug-likeness (QED) is 0.806. The van der Waals surface area contributed by atoms with Gasteiger partial charge in [0.2, 0.25) is 0 Å². The van der Waals surface area contributed by atoms with Crippen molar-refractivity contribution in [1.82, 2.24) is 15.0 Å². The van der Waals surface area contributed by atoms with Crippen LogP contribution in [0.15, 0.2) is 40.8 Å². The van der Waals surface area contributed by atoms with Crippen LogP contribution in [0.25, 0.3) is 0 Å². The molecule has 0 unspecified atom stereocenters. The van der Waals surface area contributed by atoms with E-state index in [1.54, 1.807) is 12.4 Å². The fourth-order valence-electron chi connectivity index (χ4n) is 1.02. The standard InChI is InChI=1S/C9H10N4S/c1-10-7-3-2-4-8(13-7)14-9-11-5-6-12-9/h2-6H,1H3,(H,10,13)(H,11,12). The molecule has 0 amide bonds. The average Bonchev–Trinajstić information content (AvgIpc) is 2.71. The lowest BCUT2D eigenvalue weighted by atomic mass is 10.5. The Labute approximate surface area is 86.2 Å². The zero-order valence-corrected chi connectivity index (χ0v) is 8.51. The molecule has 0 aliphatic rings. The van der Waals surface area contributed by atoms with Crippen molar-refractivity contribution >= 4 is 17.6 Å². The Balaban J connectivity index is 2.17. The van der Waals surface area contributed by atoms with Crippen LogP contribution in [0.5, 0.6) is 0 Å². The van der Waals surface area contributed by atoms with Gasteiger partial charge < -0.3 is 10.3 Å². The van der Waals surface area contributed by atoms with Crippen LogP contribution in [-0.2, 0) is 0 Å². The van der Waals surface area contributed by atoms with Crippen molar-refractivity contribution in [3.63, 3.8) is 0 Å². The molecular weight excluding hydrogens is 196 g/mol. The maximum atomic E-state index is 4.36. The minimum atomic E-state index is 0.853. The van der Waals surface area contributed by atoms with E-state index in [-0.39, 0.29) is 0 Å². The predicted molar refractivity (Wildman–Crippen MR) is 56.5 cm³/mol. The molecule has 0 fully saturated rings. The molecule has 72 valence electrons. The van der Waals surface area contributed by atoms with Gasteiger partial charge in [-0.2, -0.15) is 0 Å². The summed E-state index contributed by atoms with van der Waals surface area (Å²) in [6, 6.07) is 5.84. The first-order valence-electron chi connectivity index (χ1n) is 4.20. The van der Waals surface area contributed by atoms with Crippen LogP contribution in [0.2, 0.25) is 0 Å². The third-order valence-electron chi connectivity index (χ3n) is 1.65. The van der Waals surface area contributed by atoms with E-state index < -0.39 is 0 Å². The number of hydrogen-bond donors (Lipinski definition) is 2. The van der Waals surface area contributed by atoms with Gasteiger partial charge in [-0.25, -0.2) is 9.97 Å². The summed E-state index contributed by atoms with van der Waals surface area (Å²) >= 11 is 1.51. The van der Waals surface area contributed by atoms with Crippen molar-refractivity contribution in [2.75, 3.05) is 12.4 Å². The van der Waals surface area contributed by atoms with Crippen LogP contribution in [0.3, 0.4) is 0 Å². The molecule has 14 heavy (non-hydrogen) atoms. The largest absolute Gasteiger partial charge is 0.373 e. The molecule has 2 rings (SSSR count). The highest BCUT2D eigenvalue weighted by molar-refractivity contribution is 7.99. The lowest BCUT2D eigenvalue weighted by Crippen LogP contribution is -1.92. The van der Waals surface area contributed by atoms with Gasteiger partial charge in [-0.05, 0) is 23.9 Å². The van der Waals surface area contributed by atoms with Crippen LogP contribution in [0, 0.1) is 0 Å². The number of imidazole rings is 1. The molecule has 2 N–H and O–H groups in total. The first-order valence-corrected chi connectivity index (χ1v) is 5.02. The number of pyridine rings is 1. The molecule has 0 aromatic carbocycles. The van der Waals surface area contributed by atoms with Crippen LogP contribution in [-0.4, -0.2) is 22.0 Å². The van der Waals surface area contributed by atoms with Crippen molar-refractivity contribution in [3.05, 3.63) is 30.6 Å². The minimum Gasteiger partial charge on any atom is -0.373 e. The lowest BCUT2D eigenvalue weighted by molar-refractivity contribution is 1.04. The highest BCUT2D eigenvalue weighted by Crippen LogP contribution is 2.22. The van der Waals surface area contributed by atoms with E-state index in [9.17, 15) is 0 Å². The first kappa shape index (κ1) is 9.08. The fraction of sp³-hybridized carbons (Fsp3) is 0.111. The summed E-state index contributed by atoms with van der Waals surface area (Å²) in [5, 5.41) is 4.77. The zero-order valence-electron chi connectivity index (χ0n) is 7.69. The van der Waals surface area contributed by atoms with Crippen molar-refractivity contribution in [2.45, 2.75) is 10.2 Å². The summed E-state index contributed by atoms with van der Waals surface area (Å²) in [6.07, 6.45) is 3.52. The first-order chi connectivity index (χ1) is 6.88. The number of rotatable bonds is 3. The number of aromatic amines is 1. The molecule has 0 saturated heterocycles. The van der Waals surface area contributed by atoms with E-state index in [1.807, 2.05) is 25.2 Å². The van der Waals surface area contributed by atoms with Gasteiger partial charge in [0.15, 0.2) is 5.16 Å². The number of nitrogens with one attached hydrogen (secondary N) is 2. The number of nitrogens with zero attached hydrogens (tertiary/aromatic N) is 2. The second-order valence-corrected chi connectivity index (χ2v) is 3.62. The molecule has 2 aromatic heterocycles. The van der Waals surface area contributed by atoms with Crippen molar-refractivity contribution in [1.29, 1.82) is 0 Å². The van der Waals surface area contributed by atoms with E-state index in [0.717, 1.165) is 16.0 Å². The second-order valence-electron chi connectivity index (χ2n) is 2.61. The van der Waals surface area contributed by atoms with Crippen molar-refractivity contribution in [2.24, 2.45) is 0 Å². The van der Waals surface area contributed by atoms with E-state index >= 15 is 0 Å². The third kappa shape index (κ3) is 2.05. The Morgan fingerprint density at radius 2 is 2.36 bits per heavy atom. The highest BCUT2D eigenvalue weighted by atomic mass is 32.2. The summed E-state index contributed by atoms with van der Waals surface area (Å²) in [6.45, 7) is 0. The third-order valence-corrected chi connectivity index (χ3v) is 2.51. The molecule has 4 nitrogen and oxygen atoms in total. The molecule has 0 radical (unpaired) electrons. The highest BCUT2D eigenvalue weighted by Gasteiger charge is 2.00. The van der Waals surface area contributed by atoms with Gasteiger partial charge in [-0.1, -0.05) is 6.07 Å². The van der Waals surface area contributed by atoms with Crippen molar-refractivity contribution < 1.29 is 0 Å². The topological polar surface area (TPSA) is 53.6 Å². The maximum Gasteiger partial charge on any atom is 0.171 e. The normalized spacial score (nSPS) is 10.1. The van der Waals surface area contributed by atoms with Gasteiger partial charge in [0.1, 0.15) is 10.8 Å². The number of anilines is 1. The monoisotopic (exact) mass is 206 g/mol. The molecule has 0 saturated carbocycles. The van der Waals surface area contributed by atoms with Gasteiger partial charge in [-0.3, -0.25) is 0 Å². The Bertz CT molecular complexity index is 399. The van der Waals surface area contributed by atoms with E-state index in [1.165, 1.54) is 11.8 Å². The lowest BCUT2D eigenvalue weighted by Gasteiger charge is -2.00. The minimum absolute atomic E-state index is 0.853. The molecule has 0 bridgehead atoms. The van der Waals surface area contributed by atoms with Gasteiger partial charge in [0, 0.05) is 19.4 Å². The fourth-order valence-corrected chi connectivity index (χ4v) is 1.75. The molecule has 0 spiro atoms. The van der Waals surface area contributed by atoms with Gasteiger partial charge >= 0.3 is 0 Å². The molecular formula is C9H10N4S. The van der Waals surface area contributed by atoms with E-state index in [0.29, 0.717) is 0 Å². The average molecular weight is 206 g/mol. The number of hydrogen-bond acceptors (Lipinski definition) is 4. The molecule has 2 heterocycles. The summed E-state index contributed by atoms with van der Waals surface area (Å²) < 4.78 is 0. The van der Waals surface area contributed by atoms with E-state index in [4.69, 9.17) is 0 Å². The van der Waals surface area contributed by atoms with Crippen molar-refractivity contribution in [3.8, 4) is 0 Å². The summed E-state index contributed by atoms with van der Waals surface area (Å²) in [5.41, 5.74) is 0. The molecule has 2 aromatic rings. The zero-order chi connectivity index (χ0) is 9.80. The molecule has 5 heteroatoms. The Morgan fingerprint density at radius 1 is 1.43 bits per heavy atom. The molecule has 0 aliphatic carbocycles.